The molecule has 0 heterocycles. The second-order valence-electron chi connectivity index (χ2n) is 4.06. The number of ether oxygens (including phenoxy) is 3. The highest BCUT2D eigenvalue weighted by molar-refractivity contribution is 5.94. The molecule has 8 heteroatoms. The summed E-state index contributed by atoms with van der Waals surface area (Å²) in [5, 5.41) is 4.91. The van der Waals surface area contributed by atoms with E-state index >= 15 is 0 Å². The van der Waals surface area contributed by atoms with Crippen molar-refractivity contribution < 1.29 is 23.8 Å². The molecule has 116 valence electrons. The van der Waals surface area contributed by atoms with E-state index in [0.717, 1.165) is 5.56 Å². The molecule has 21 heavy (non-hydrogen) atoms. The zero-order valence-electron chi connectivity index (χ0n) is 12.2. The van der Waals surface area contributed by atoms with Gasteiger partial charge in [0.1, 0.15) is 0 Å². The van der Waals surface area contributed by atoms with Crippen LogP contribution in [0.1, 0.15) is 5.56 Å². The molecule has 0 aliphatic carbocycles. The van der Waals surface area contributed by atoms with Gasteiger partial charge in [0.2, 0.25) is 5.75 Å². The number of imide groups is 1. The maximum atomic E-state index is 11.4. The van der Waals surface area contributed by atoms with Crippen LogP contribution in [0.5, 0.6) is 17.2 Å². The first-order valence-corrected chi connectivity index (χ1v) is 6.13. The summed E-state index contributed by atoms with van der Waals surface area (Å²) in [6, 6.07) is 2.59. The third kappa shape index (κ3) is 4.84. The average molecular weight is 297 g/mol. The highest BCUT2D eigenvalue weighted by atomic mass is 16.5. The van der Waals surface area contributed by atoms with Crippen LogP contribution in [0.4, 0.5) is 4.79 Å². The molecule has 0 fully saturated rings. The van der Waals surface area contributed by atoms with Crippen molar-refractivity contribution in [3.8, 4) is 17.2 Å². The van der Waals surface area contributed by atoms with E-state index in [1.54, 1.807) is 12.1 Å². The number of primary amides is 1. The lowest BCUT2D eigenvalue weighted by molar-refractivity contribution is -0.121. The van der Waals surface area contributed by atoms with Crippen molar-refractivity contribution in [3.05, 3.63) is 17.7 Å². The minimum absolute atomic E-state index is 0.277. The molecule has 4 N–H and O–H groups in total. The van der Waals surface area contributed by atoms with E-state index in [1.165, 1.54) is 14.2 Å². The van der Waals surface area contributed by atoms with Gasteiger partial charge in [-0.1, -0.05) is 0 Å². The second kappa shape index (κ2) is 7.95. The van der Waals surface area contributed by atoms with Crippen LogP contribution in [0.25, 0.3) is 0 Å². The van der Waals surface area contributed by atoms with Crippen LogP contribution in [0, 0.1) is 0 Å². The number of carbonyl (C=O) groups excluding carboxylic acids is 2. The highest BCUT2D eigenvalue weighted by Gasteiger charge is 2.16. The third-order valence-corrected chi connectivity index (χ3v) is 2.51. The van der Waals surface area contributed by atoms with Gasteiger partial charge in [-0.3, -0.25) is 10.1 Å². The molecule has 8 nitrogen and oxygen atoms in total. The summed E-state index contributed by atoms with van der Waals surface area (Å²) in [7, 11) is 4.78. The number of rotatable bonds is 7. The van der Waals surface area contributed by atoms with Crippen molar-refractivity contribution in [1.82, 2.24) is 10.6 Å². The maximum Gasteiger partial charge on any atom is 0.318 e. The summed E-state index contributed by atoms with van der Waals surface area (Å²) >= 11 is 0. The van der Waals surface area contributed by atoms with Gasteiger partial charge in [-0.15, -0.1) is 0 Å². The van der Waals surface area contributed by atoms with E-state index in [4.69, 9.17) is 19.9 Å². The van der Waals surface area contributed by atoms with E-state index in [9.17, 15) is 9.59 Å². The molecule has 0 atom stereocenters. The Hall–Kier alpha value is -2.48. The second-order valence-corrected chi connectivity index (χ2v) is 4.06. The van der Waals surface area contributed by atoms with Gasteiger partial charge in [-0.05, 0) is 24.7 Å². The number of carbonyl (C=O) groups is 2. The molecule has 0 saturated heterocycles. The van der Waals surface area contributed by atoms with Crippen LogP contribution in [0.2, 0.25) is 0 Å². The van der Waals surface area contributed by atoms with Gasteiger partial charge in [0.15, 0.2) is 18.1 Å². The summed E-state index contributed by atoms with van der Waals surface area (Å²) in [5.74, 6) is 0.461. The Morgan fingerprint density at radius 2 is 1.76 bits per heavy atom. The summed E-state index contributed by atoms with van der Waals surface area (Å²) in [4.78, 5) is 21.9. The zero-order chi connectivity index (χ0) is 15.8. The minimum atomic E-state index is -0.938. The molecule has 0 bridgehead atoms. The van der Waals surface area contributed by atoms with Crippen molar-refractivity contribution in [2.75, 3.05) is 27.9 Å². The Labute approximate surface area is 122 Å². The fourth-order valence-corrected chi connectivity index (χ4v) is 1.69. The van der Waals surface area contributed by atoms with Gasteiger partial charge in [0, 0.05) is 6.54 Å². The Morgan fingerprint density at radius 1 is 1.19 bits per heavy atom. The first kappa shape index (κ1) is 16.6. The van der Waals surface area contributed by atoms with E-state index in [1.807, 2.05) is 12.4 Å². The molecule has 0 saturated carbocycles. The lowest BCUT2D eigenvalue weighted by Gasteiger charge is -2.15. The summed E-state index contributed by atoms with van der Waals surface area (Å²) < 4.78 is 15.8. The minimum Gasteiger partial charge on any atom is -0.493 e. The van der Waals surface area contributed by atoms with E-state index in [0.29, 0.717) is 18.0 Å². The maximum absolute atomic E-state index is 11.4. The summed E-state index contributed by atoms with van der Waals surface area (Å²) in [6.07, 6.45) is 0. The normalized spacial score (nSPS) is 9.86. The number of nitrogens with two attached hydrogens (primary N) is 1. The summed E-state index contributed by atoms with van der Waals surface area (Å²) in [5.41, 5.74) is 5.78. The SMILES string of the molecule is CNCc1cc(OC)c(OCC(=O)NC(N)=O)c(OC)c1. The lowest BCUT2D eigenvalue weighted by atomic mass is 10.2. The number of hydrogen-bond acceptors (Lipinski definition) is 6. The van der Waals surface area contributed by atoms with Crippen molar-refractivity contribution >= 4 is 11.9 Å². The number of amides is 3. The Morgan fingerprint density at radius 3 is 2.19 bits per heavy atom. The molecule has 1 aromatic carbocycles. The molecule has 0 unspecified atom stereocenters. The van der Waals surface area contributed by atoms with E-state index < -0.39 is 11.9 Å². The highest BCUT2D eigenvalue weighted by Crippen LogP contribution is 2.38. The van der Waals surface area contributed by atoms with Crippen molar-refractivity contribution in [2.45, 2.75) is 6.54 Å². The average Bonchev–Trinajstić information content (AvgIpc) is 2.44. The standard InChI is InChI=1S/C13H19N3O5/c1-15-6-8-4-9(19-2)12(10(5-8)20-3)21-7-11(17)16-13(14)18/h4-5,15H,6-7H2,1-3H3,(H3,14,16,17,18). The molecule has 0 aliphatic heterocycles. The van der Waals surface area contributed by atoms with Crippen LogP contribution in [0.15, 0.2) is 12.1 Å². The fourth-order valence-electron chi connectivity index (χ4n) is 1.69. The van der Waals surface area contributed by atoms with Crippen LogP contribution >= 0.6 is 0 Å². The number of benzene rings is 1. The monoisotopic (exact) mass is 297 g/mol. The molecule has 3 amide bonds. The van der Waals surface area contributed by atoms with Gasteiger partial charge in [-0.2, -0.15) is 0 Å². The number of urea groups is 1. The van der Waals surface area contributed by atoms with Gasteiger partial charge in [-0.25, -0.2) is 4.79 Å². The van der Waals surface area contributed by atoms with Crippen molar-refractivity contribution in [1.29, 1.82) is 0 Å². The van der Waals surface area contributed by atoms with Crippen LogP contribution in [0.3, 0.4) is 0 Å². The van der Waals surface area contributed by atoms with Crippen LogP contribution in [-0.2, 0) is 11.3 Å². The van der Waals surface area contributed by atoms with Crippen molar-refractivity contribution in [2.24, 2.45) is 5.73 Å². The first-order chi connectivity index (χ1) is 10.0. The van der Waals surface area contributed by atoms with E-state index in [2.05, 4.69) is 5.32 Å². The smallest absolute Gasteiger partial charge is 0.318 e. The summed E-state index contributed by atoms with van der Waals surface area (Å²) in [6.45, 7) is 0.232. The predicted octanol–water partition coefficient (Wildman–Crippen LogP) is -0.00310. The lowest BCUT2D eigenvalue weighted by Crippen LogP contribution is -2.38. The molecule has 0 radical (unpaired) electrons. The fraction of sp³-hybridized carbons (Fsp3) is 0.385. The molecular formula is C13H19N3O5. The third-order valence-electron chi connectivity index (χ3n) is 2.51. The molecule has 1 aromatic rings. The molecule has 0 spiro atoms. The molecule has 0 aliphatic rings. The van der Waals surface area contributed by atoms with Crippen molar-refractivity contribution in [3.63, 3.8) is 0 Å². The van der Waals surface area contributed by atoms with Gasteiger partial charge in [0.05, 0.1) is 14.2 Å². The number of nitrogens with one attached hydrogen (secondary N) is 2. The van der Waals surface area contributed by atoms with Gasteiger partial charge >= 0.3 is 6.03 Å². The largest absolute Gasteiger partial charge is 0.493 e. The molecular weight excluding hydrogens is 278 g/mol. The Bertz CT molecular complexity index is 494. The van der Waals surface area contributed by atoms with Crippen LogP contribution < -0.4 is 30.6 Å². The zero-order valence-corrected chi connectivity index (χ0v) is 12.2. The van der Waals surface area contributed by atoms with Crippen LogP contribution in [-0.4, -0.2) is 39.8 Å². The number of hydrogen-bond donors (Lipinski definition) is 3. The van der Waals surface area contributed by atoms with Gasteiger partial charge in [0.25, 0.3) is 5.91 Å². The molecule has 1 rings (SSSR count). The Balaban J connectivity index is 2.93. The van der Waals surface area contributed by atoms with E-state index in [-0.39, 0.29) is 12.4 Å². The predicted molar refractivity (Wildman–Crippen MR) is 75.5 cm³/mol. The first-order valence-electron chi connectivity index (χ1n) is 6.13. The molecule has 0 aromatic heterocycles. The Kier molecular flexibility index (Phi) is 6.28. The number of methoxy groups -OCH3 is 2. The quantitative estimate of drug-likeness (QED) is 0.653. The topological polar surface area (TPSA) is 112 Å². The van der Waals surface area contributed by atoms with Gasteiger partial charge < -0.3 is 25.3 Å².